The van der Waals surface area contributed by atoms with Gasteiger partial charge in [-0.1, -0.05) is 146 Å². The number of aromatic nitrogens is 4. The molecule has 4 heteroatoms. The Morgan fingerprint density at radius 2 is 0.810 bits per heavy atom. The average Bonchev–Trinajstić information content (AvgIpc) is 3.81. The Morgan fingerprint density at radius 1 is 0.293 bits per heavy atom. The molecule has 0 aliphatic rings. The number of para-hydroxylation sites is 3. The molecule has 0 unspecified atom stereocenters. The van der Waals surface area contributed by atoms with Gasteiger partial charge in [0, 0.05) is 38.4 Å². The van der Waals surface area contributed by atoms with Crippen LogP contribution in [0.15, 0.2) is 206 Å². The van der Waals surface area contributed by atoms with E-state index < -0.39 is 0 Å². The number of fused-ring (bicyclic) bond motifs is 9. The summed E-state index contributed by atoms with van der Waals surface area (Å²) in [4.78, 5) is 10.6. The predicted octanol–water partition coefficient (Wildman–Crippen LogP) is 14.0. The summed E-state index contributed by atoms with van der Waals surface area (Å²) in [6, 6.07) is 73.8. The zero-order chi connectivity index (χ0) is 38.2. The van der Waals surface area contributed by atoms with Crippen LogP contribution in [-0.4, -0.2) is 19.1 Å². The number of hydrogen-bond acceptors (Lipinski definition) is 2. The van der Waals surface area contributed by atoms with Gasteiger partial charge in [0.2, 0.25) is 5.95 Å². The van der Waals surface area contributed by atoms with E-state index in [9.17, 15) is 0 Å². The van der Waals surface area contributed by atoms with E-state index in [1.54, 1.807) is 0 Å². The lowest BCUT2D eigenvalue weighted by molar-refractivity contribution is 0.996. The minimum Gasteiger partial charge on any atom is -0.309 e. The van der Waals surface area contributed by atoms with Crippen molar-refractivity contribution in [3.8, 4) is 45.3 Å². The van der Waals surface area contributed by atoms with Crippen LogP contribution in [0.2, 0.25) is 0 Å². The first-order valence-corrected chi connectivity index (χ1v) is 19.7. The molecule has 0 aliphatic carbocycles. The number of rotatable bonds is 5. The Bertz CT molecular complexity index is 3490. The molecule has 0 fully saturated rings. The van der Waals surface area contributed by atoms with E-state index in [1.165, 1.54) is 65.3 Å². The minimum atomic E-state index is 0.648. The van der Waals surface area contributed by atoms with E-state index in [-0.39, 0.29) is 0 Å². The molecule has 0 radical (unpaired) electrons. The van der Waals surface area contributed by atoms with Crippen molar-refractivity contribution in [1.82, 2.24) is 19.1 Å². The number of hydrogen-bond donors (Lipinski definition) is 0. The van der Waals surface area contributed by atoms with E-state index in [0.717, 1.165) is 39.2 Å². The van der Waals surface area contributed by atoms with Crippen molar-refractivity contribution in [3.05, 3.63) is 206 Å². The van der Waals surface area contributed by atoms with Crippen LogP contribution < -0.4 is 0 Å². The van der Waals surface area contributed by atoms with Crippen LogP contribution in [0.3, 0.4) is 0 Å². The first-order valence-electron chi connectivity index (χ1n) is 19.7. The summed E-state index contributed by atoms with van der Waals surface area (Å²) in [6.07, 6.45) is 0. The molecule has 9 aromatic carbocycles. The molecule has 58 heavy (non-hydrogen) atoms. The first-order chi connectivity index (χ1) is 28.8. The number of nitrogens with zero attached hydrogens (tertiary/aromatic N) is 4. The highest BCUT2D eigenvalue weighted by Crippen LogP contribution is 2.42. The van der Waals surface area contributed by atoms with Crippen molar-refractivity contribution in [3.63, 3.8) is 0 Å². The topological polar surface area (TPSA) is 35.6 Å². The smallest absolute Gasteiger partial charge is 0.235 e. The molecule has 0 bridgehead atoms. The Morgan fingerprint density at radius 3 is 1.47 bits per heavy atom. The third-order valence-corrected chi connectivity index (χ3v) is 11.7. The van der Waals surface area contributed by atoms with Crippen LogP contribution in [0.1, 0.15) is 0 Å². The summed E-state index contributed by atoms with van der Waals surface area (Å²) in [5, 5.41) is 9.64. The van der Waals surface area contributed by atoms with Gasteiger partial charge in [-0.3, -0.25) is 4.57 Å². The molecular weight excluding hydrogens is 705 g/mol. The summed E-state index contributed by atoms with van der Waals surface area (Å²) in [5.41, 5.74) is 12.0. The van der Waals surface area contributed by atoms with Crippen molar-refractivity contribution < 1.29 is 0 Å². The van der Waals surface area contributed by atoms with Crippen LogP contribution >= 0.6 is 0 Å². The quantitative estimate of drug-likeness (QED) is 0.165. The van der Waals surface area contributed by atoms with Gasteiger partial charge in [0.1, 0.15) is 0 Å². The van der Waals surface area contributed by atoms with Crippen molar-refractivity contribution in [2.45, 2.75) is 0 Å². The largest absolute Gasteiger partial charge is 0.309 e. The molecule has 12 aromatic rings. The molecule has 0 atom stereocenters. The monoisotopic (exact) mass is 738 g/mol. The highest BCUT2D eigenvalue weighted by Gasteiger charge is 2.20. The Kier molecular flexibility index (Phi) is 7.20. The third kappa shape index (κ3) is 5.02. The van der Waals surface area contributed by atoms with Crippen LogP contribution in [0.4, 0.5) is 0 Å². The van der Waals surface area contributed by atoms with Crippen molar-refractivity contribution in [2.24, 2.45) is 0 Å². The molecule has 3 heterocycles. The highest BCUT2D eigenvalue weighted by molar-refractivity contribution is 6.21. The molecule has 0 amide bonds. The van der Waals surface area contributed by atoms with E-state index >= 15 is 0 Å². The molecular formula is C54H34N4. The molecule has 0 saturated heterocycles. The van der Waals surface area contributed by atoms with Crippen LogP contribution in [0, 0.1) is 0 Å². The van der Waals surface area contributed by atoms with Crippen molar-refractivity contribution in [2.75, 3.05) is 0 Å². The fourth-order valence-electron chi connectivity index (χ4n) is 9.07. The Hall–Kier alpha value is -7.82. The van der Waals surface area contributed by atoms with Crippen LogP contribution in [-0.2, 0) is 0 Å². The molecule has 0 spiro atoms. The molecule has 0 aliphatic heterocycles. The summed E-state index contributed by atoms with van der Waals surface area (Å²) in [7, 11) is 0. The van der Waals surface area contributed by atoms with Crippen LogP contribution in [0.25, 0.3) is 110 Å². The maximum absolute atomic E-state index is 5.29. The third-order valence-electron chi connectivity index (χ3n) is 11.7. The average molecular weight is 739 g/mol. The van der Waals surface area contributed by atoms with Gasteiger partial charge < -0.3 is 4.57 Å². The van der Waals surface area contributed by atoms with Crippen LogP contribution in [0.5, 0.6) is 0 Å². The predicted molar refractivity (Wildman–Crippen MR) is 242 cm³/mol. The number of benzene rings is 9. The lowest BCUT2D eigenvalue weighted by atomic mass is 9.92. The van der Waals surface area contributed by atoms with Gasteiger partial charge in [-0.15, -0.1) is 0 Å². The second kappa shape index (κ2) is 12.9. The van der Waals surface area contributed by atoms with E-state index in [1.807, 2.05) is 12.1 Å². The highest BCUT2D eigenvalue weighted by atomic mass is 15.2. The first kappa shape index (κ1) is 32.4. The summed E-state index contributed by atoms with van der Waals surface area (Å²) < 4.78 is 4.63. The molecule has 3 aromatic heterocycles. The Labute approximate surface area is 334 Å². The van der Waals surface area contributed by atoms with E-state index in [0.29, 0.717) is 5.95 Å². The van der Waals surface area contributed by atoms with E-state index in [4.69, 9.17) is 9.97 Å². The van der Waals surface area contributed by atoms with Gasteiger partial charge in [0.25, 0.3) is 0 Å². The molecule has 0 saturated carbocycles. The van der Waals surface area contributed by atoms with Gasteiger partial charge >= 0.3 is 0 Å². The zero-order valence-electron chi connectivity index (χ0n) is 31.4. The second-order valence-corrected chi connectivity index (χ2v) is 15.0. The lowest BCUT2D eigenvalue weighted by Crippen LogP contribution is -2.04. The molecule has 0 N–H and O–H groups in total. The standard InChI is InChI=1S/C54H34N4/c1-4-16-35(17-5-1)48-34-49(36-18-6-2-7-19-36)56-54(55-48)58-51-27-15-13-25-43(51)47-32-38-31-44(40-22-10-11-23-41(40)45(38)33-53(47)58)37-28-29-52-46(30-37)42-24-12-14-26-50(42)57(52)39-20-8-3-9-21-39/h1-34H. The normalized spacial score (nSPS) is 11.8. The molecule has 12 rings (SSSR count). The van der Waals surface area contributed by atoms with Crippen molar-refractivity contribution >= 4 is 65.2 Å². The van der Waals surface area contributed by atoms with Gasteiger partial charge in [-0.05, 0) is 93.3 Å². The lowest BCUT2D eigenvalue weighted by Gasteiger charge is -2.14. The second-order valence-electron chi connectivity index (χ2n) is 15.0. The summed E-state index contributed by atoms with van der Waals surface area (Å²) in [6.45, 7) is 0. The minimum absolute atomic E-state index is 0.648. The van der Waals surface area contributed by atoms with E-state index in [2.05, 4.69) is 203 Å². The maximum atomic E-state index is 5.29. The van der Waals surface area contributed by atoms with Gasteiger partial charge in [0.15, 0.2) is 0 Å². The SMILES string of the molecule is c1ccc(-c2cc(-c3ccccc3)nc(-n3c4ccccc4c4cc5cc(-c6ccc7c(c6)c6ccccc6n7-c6ccccc6)c6ccccc6c5cc43)n2)cc1. The maximum Gasteiger partial charge on any atom is 0.235 e. The van der Waals surface area contributed by atoms with Gasteiger partial charge in [0.05, 0.1) is 33.5 Å². The van der Waals surface area contributed by atoms with Gasteiger partial charge in [-0.2, -0.15) is 0 Å². The van der Waals surface area contributed by atoms with Gasteiger partial charge in [-0.25, -0.2) is 9.97 Å². The molecule has 4 nitrogen and oxygen atoms in total. The van der Waals surface area contributed by atoms with Crippen molar-refractivity contribution in [1.29, 1.82) is 0 Å². The summed E-state index contributed by atoms with van der Waals surface area (Å²) >= 11 is 0. The zero-order valence-corrected chi connectivity index (χ0v) is 31.4. The fraction of sp³-hybridized carbons (Fsp3) is 0. The Balaban J connectivity index is 1.11. The summed E-state index contributed by atoms with van der Waals surface area (Å²) in [5.74, 6) is 0.648. The fourth-order valence-corrected chi connectivity index (χ4v) is 9.07. The molecule has 270 valence electrons.